The zero-order chi connectivity index (χ0) is 9.42. The van der Waals surface area contributed by atoms with Crippen LogP contribution in [0.3, 0.4) is 0 Å². The Morgan fingerprint density at radius 1 is 1.54 bits per heavy atom. The first-order chi connectivity index (χ1) is 6.18. The summed E-state index contributed by atoms with van der Waals surface area (Å²) in [5.41, 5.74) is 5.80. The van der Waals surface area contributed by atoms with E-state index in [-0.39, 0.29) is 6.04 Å². The number of rotatable bonds is 1. The van der Waals surface area contributed by atoms with E-state index in [0.29, 0.717) is 0 Å². The third-order valence-electron chi connectivity index (χ3n) is 2.62. The predicted molar refractivity (Wildman–Crippen MR) is 50.1 cm³/mol. The lowest BCUT2D eigenvalue weighted by molar-refractivity contribution is 0.382. The molecular formula is C9H16N4. The Hall–Kier alpha value is -0.900. The van der Waals surface area contributed by atoms with Gasteiger partial charge in [0.15, 0.2) is 0 Å². The van der Waals surface area contributed by atoms with Gasteiger partial charge in [-0.1, -0.05) is 6.92 Å². The van der Waals surface area contributed by atoms with E-state index >= 15 is 0 Å². The van der Waals surface area contributed by atoms with Gasteiger partial charge in [0, 0.05) is 13.0 Å². The number of nitrogens with zero attached hydrogens (tertiary/aromatic N) is 3. The minimum absolute atomic E-state index is 0.00782. The van der Waals surface area contributed by atoms with Crippen molar-refractivity contribution in [3.05, 3.63) is 11.6 Å². The van der Waals surface area contributed by atoms with Crippen LogP contribution in [0.1, 0.15) is 38.0 Å². The third-order valence-corrected chi connectivity index (χ3v) is 2.62. The molecule has 2 atom stereocenters. The number of hydrogen-bond acceptors (Lipinski definition) is 3. The summed E-state index contributed by atoms with van der Waals surface area (Å²) in [6.07, 6.45) is 2.26. The lowest BCUT2D eigenvalue weighted by Crippen LogP contribution is -2.22. The van der Waals surface area contributed by atoms with Crippen LogP contribution in [0.5, 0.6) is 0 Å². The van der Waals surface area contributed by atoms with E-state index in [1.807, 2.05) is 6.92 Å². The SMILES string of the molecule is CC1CCc2nnc(C(C)N)n2C1. The van der Waals surface area contributed by atoms with E-state index in [2.05, 4.69) is 21.7 Å². The molecular weight excluding hydrogens is 164 g/mol. The van der Waals surface area contributed by atoms with Crippen LogP contribution in [-0.2, 0) is 13.0 Å². The number of nitrogens with two attached hydrogens (primary N) is 1. The number of hydrogen-bond donors (Lipinski definition) is 1. The molecule has 1 aliphatic heterocycles. The van der Waals surface area contributed by atoms with Crippen LogP contribution in [0.2, 0.25) is 0 Å². The van der Waals surface area contributed by atoms with Crippen molar-refractivity contribution in [3.8, 4) is 0 Å². The van der Waals surface area contributed by atoms with Crippen molar-refractivity contribution < 1.29 is 0 Å². The average molecular weight is 180 g/mol. The van der Waals surface area contributed by atoms with Crippen molar-refractivity contribution in [3.63, 3.8) is 0 Å². The van der Waals surface area contributed by atoms with Crippen LogP contribution in [0.15, 0.2) is 0 Å². The van der Waals surface area contributed by atoms with Gasteiger partial charge in [-0.2, -0.15) is 0 Å². The van der Waals surface area contributed by atoms with Gasteiger partial charge in [0.25, 0.3) is 0 Å². The van der Waals surface area contributed by atoms with Crippen LogP contribution in [0.4, 0.5) is 0 Å². The highest BCUT2D eigenvalue weighted by Gasteiger charge is 2.21. The smallest absolute Gasteiger partial charge is 0.149 e. The quantitative estimate of drug-likeness (QED) is 0.698. The number of aromatic nitrogens is 3. The molecule has 2 unspecified atom stereocenters. The molecule has 0 fully saturated rings. The molecule has 72 valence electrons. The standard InChI is InChI=1S/C9H16N4/c1-6-3-4-8-11-12-9(7(2)10)13(8)5-6/h6-7H,3-5,10H2,1-2H3. The molecule has 0 spiro atoms. The van der Waals surface area contributed by atoms with E-state index in [1.54, 1.807) is 0 Å². The molecule has 4 nitrogen and oxygen atoms in total. The number of fused-ring (bicyclic) bond motifs is 1. The van der Waals surface area contributed by atoms with Gasteiger partial charge in [-0.15, -0.1) is 10.2 Å². The molecule has 0 amide bonds. The van der Waals surface area contributed by atoms with Gasteiger partial charge >= 0.3 is 0 Å². The van der Waals surface area contributed by atoms with Crippen LogP contribution in [0, 0.1) is 5.92 Å². The Morgan fingerprint density at radius 2 is 2.31 bits per heavy atom. The van der Waals surface area contributed by atoms with Crippen molar-refractivity contribution in [2.24, 2.45) is 11.7 Å². The maximum atomic E-state index is 5.80. The molecule has 0 aliphatic carbocycles. The zero-order valence-electron chi connectivity index (χ0n) is 8.20. The fourth-order valence-electron chi connectivity index (χ4n) is 1.85. The Labute approximate surface area is 78.1 Å². The first kappa shape index (κ1) is 8.69. The van der Waals surface area contributed by atoms with Gasteiger partial charge in [0.2, 0.25) is 0 Å². The molecule has 2 N–H and O–H groups in total. The Bertz CT molecular complexity index is 303. The molecule has 0 aromatic carbocycles. The van der Waals surface area contributed by atoms with E-state index in [4.69, 9.17) is 5.73 Å². The van der Waals surface area contributed by atoms with E-state index in [0.717, 1.165) is 30.5 Å². The van der Waals surface area contributed by atoms with Crippen molar-refractivity contribution in [2.75, 3.05) is 0 Å². The topological polar surface area (TPSA) is 56.7 Å². The van der Waals surface area contributed by atoms with E-state index < -0.39 is 0 Å². The van der Waals surface area contributed by atoms with Gasteiger partial charge in [-0.05, 0) is 19.3 Å². The fraction of sp³-hybridized carbons (Fsp3) is 0.778. The highest BCUT2D eigenvalue weighted by atomic mass is 15.3. The van der Waals surface area contributed by atoms with Crippen molar-refractivity contribution >= 4 is 0 Å². The summed E-state index contributed by atoms with van der Waals surface area (Å²) >= 11 is 0. The molecule has 2 rings (SSSR count). The normalized spacial score (nSPS) is 24.1. The number of aryl methyl sites for hydroxylation is 1. The summed E-state index contributed by atoms with van der Waals surface area (Å²) in [4.78, 5) is 0. The summed E-state index contributed by atoms with van der Waals surface area (Å²) in [6, 6.07) is -0.00782. The molecule has 0 saturated carbocycles. The van der Waals surface area contributed by atoms with Gasteiger partial charge in [-0.25, -0.2) is 0 Å². The summed E-state index contributed by atoms with van der Waals surface area (Å²) < 4.78 is 2.18. The predicted octanol–water partition coefficient (Wildman–Crippen LogP) is 0.880. The minimum atomic E-state index is -0.00782. The highest BCUT2D eigenvalue weighted by Crippen LogP contribution is 2.21. The lowest BCUT2D eigenvalue weighted by atomic mass is 10.0. The van der Waals surface area contributed by atoms with E-state index in [9.17, 15) is 0 Å². The maximum Gasteiger partial charge on any atom is 0.149 e. The van der Waals surface area contributed by atoms with Crippen molar-refractivity contribution in [1.29, 1.82) is 0 Å². The Kier molecular flexibility index (Phi) is 2.07. The van der Waals surface area contributed by atoms with Crippen LogP contribution in [-0.4, -0.2) is 14.8 Å². The summed E-state index contributed by atoms with van der Waals surface area (Å²) in [5, 5.41) is 8.27. The third kappa shape index (κ3) is 1.46. The lowest BCUT2D eigenvalue weighted by Gasteiger charge is -2.21. The zero-order valence-corrected chi connectivity index (χ0v) is 8.20. The summed E-state index contributed by atoms with van der Waals surface area (Å²) in [6.45, 7) is 5.24. The molecule has 2 heterocycles. The second-order valence-corrected chi connectivity index (χ2v) is 4.02. The Morgan fingerprint density at radius 3 is 3.00 bits per heavy atom. The van der Waals surface area contributed by atoms with Gasteiger partial charge < -0.3 is 10.3 Å². The molecule has 0 saturated heterocycles. The highest BCUT2D eigenvalue weighted by molar-refractivity contribution is 5.02. The maximum absolute atomic E-state index is 5.80. The molecule has 1 aliphatic rings. The van der Waals surface area contributed by atoms with Crippen molar-refractivity contribution in [2.45, 2.75) is 39.3 Å². The second kappa shape index (κ2) is 3.10. The average Bonchev–Trinajstić information content (AvgIpc) is 2.46. The summed E-state index contributed by atoms with van der Waals surface area (Å²) in [5.74, 6) is 2.76. The monoisotopic (exact) mass is 180 g/mol. The van der Waals surface area contributed by atoms with Gasteiger partial charge in [-0.3, -0.25) is 0 Å². The molecule has 0 radical (unpaired) electrons. The van der Waals surface area contributed by atoms with Crippen LogP contribution in [0.25, 0.3) is 0 Å². The van der Waals surface area contributed by atoms with Crippen LogP contribution < -0.4 is 5.73 Å². The minimum Gasteiger partial charge on any atom is -0.322 e. The van der Waals surface area contributed by atoms with Crippen LogP contribution >= 0.6 is 0 Å². The molecule has 4 heteroatoms. The van der Waals surface area contributed by atoms with Crippen molar-refractivity contribution in [1.82, 2.24) is 14.8 Å². The van der Waals surface area contributed by atoms with Gasteiger partial charge in [0.05, 0.1) is 6.04 Å². The van der Waals surface area contributed by atoms with Gasteiger partial charge in [0.1, 0.15) is 11.6 Å². The second-order valence-electron chi connectivity index (χ2n) is 4.02. The molecule has 13 heavy (non-hydrogen) atoms. The first-order valence-corrected chi connectivity index (χ1v) is 4.86. The molecule has 1 aromatic rings. The van der Waals surface area contributed by atoms with E-state index in [1.165, 1.54) is 6.42 Å². The molecule has 1 aromatic heterocycles. The largest absolute Gasteiger partial charge is 0.322 e. The Balaban J connectivity index is 2.35. The molecule has 0 bridgehead atoms. The summed E-state index contributed by atoms with van der Waals surface area (Å²) in [7, 11) is 0. The fourth-order valence-corrected chi connectivity index (χ4v) is 1.85. The first-order valence-electron chi connectivity index (χ1n) is 4.86.